The molecule has 0 heterocycles. The molecule has 1 amide bonds. The molecule has 23 heavy (non-hydrogen) atoms. The van der Waals surface area contributed by atoms with Crippen LogP contribution in [0.25, 0.3) is 0 Å². The molecule has 0 aliphatic carbocycles. The molecule has 122 valence electrons. The zero-order chi connectivity index (χ0) is 16.9. The van der Waals surface area contributed by atoms with Gasteiger partial charge in [-0.2, -0.15) is 8.42 Å². The van der Waals surface area contributed by atoms with E-state index in [9.17, 15) is 17.8 Å². The largest absolute Gasteiger partial charge is 0.337 e. The lowest BCUT2D eigenvalue weighted by atomic mass is 10.0. The maximum Gasteiger partial charge on any atom is 0.286 e. The number of nitrogens with one attached hydrogen (secondary N) is 1. The van der Waals surface area contributed by atoms with Crippen LogP contribution in [0.3, 0.4) is 0 Å². The lowest BCUT2D eigenvalue weighted by Crippen LogP contribution is -2.44. The predicted molar refractivity (Wildman–Crippen MR) is 88.5 cm³/mol. The van der Waals surface area contributed by atoms with Gasteiger partial charge in [-0.05, 0) is 11.1 Å². The molecule has 0 radical (unpaired) electrons. The Hall–Kier alpha value is -2.18. The molecule has 0 bridgehead atoms. The van der Waals surface area contributed by atoms with Crippen LogP contribution in [0.5, 0.6) is 0 Å². The number of carbonyl (C=O) groups excluding carboxylic acids is 1. The Morgan fingerprint density at radius 3 is 2.09 bits per heavy atom. The Morgan fingerprint density at radius 2 is 1.57 bits per heavy atom. The van der Waals surface area contributed by atoms with Crippen LogP contribution >= 0.6 is 0 Å². The standard InChI is InChI=1S/C17H19NO4S/c1-13(15-10-6-3-7-11-15)17(23(20,21)22)18-16(19)12-14-8-4-2-5-9-14/h2-11,13,17H,12H2,1H3,(H,18,19)(H,20,21,22). The van der Waals surface area contributed by atoms with Gasteiger partial charge in [0.15, 0.2) is 5.37 Å². The van der Waals surface area contributed by atoms with Gasteiger partial charge in [-0.3, -0.25) is 9.35 Å². The number of carbonyl (C=O) groups is 1. The van der Waals surface area contributed by atoms with Crippen LogP contribution in [-0.4, -0.2) is 24.3 Å². The van der Waals surface area contributed by atoms with Gasteiger partial charge in [-0.1, -0.05) is 67.6 Å². The summed E-state index contributed by atoms with van der Waals surface area (Å²) in [5, 5.41) is 1.04. The molecule has 2 N–H and O–H groups in total. The van der Waals surface area contributed by atoms with Crippen LogP contribution in [0.1, 0.15) is 24.0 Å². The number of amides is 1. The van der Waals surface area contributed by atoms with Crippen molar-refractivity contribution in [3.05, 3.63) is 71.8 Å². The van der Waals surface area contributed by atoms with Crippen molar-refractivity contribution in [2.45, 2.75) is 24.6 Å². The van der Waals surface area contributed by atoms with Gasteiger partial charge in [0, 0.05) is 5.92 Å². The van der Waals surface area contributed by atoms with Gasteiger partial charge >= 0.3 is 0 Å². The minimum atomic E-state index is -4.43. The molecule has 2 rings (SSSR count). The van der Waals surface area contributed by atoms with E-state index >= 15 is 0 Å². The molecule has 2 atom stereocenters. The summed E-state index contributed by atoms with van der Waals surface area (Å²) in [5.74, 6) is -1.03. The Morgan fingerprint density at radius 1 is 1.04 bits per heavy atom. The third-order valence-electron chi connectivity index (χ3n) is 3.61. The smallest absolute Gasteiger partial charge is 0.286 e. The fourth-order valence-electron chi connectivity index (χ4n) is 2.38. The Balaban J connectivity index is 2.15. The summed E-state index contributed by atoms with van der Waals surface area (Å²) >= 11 is 0. The fraction of sp³-hybridized carbons (Fsp3) is 0.235. The van der Waals surface area contributed by atoms with Crippen molar-refractivity contribution in [2.24, 2.45) is 0 Å². The third-order valence-corrected chi connectivity index (χ3v) is 4.78. The quantitative estimate of drug-likeness (QED) is 0.795. The summed E-state index contributed by atoms with van der Waals surface area (Å²) in [5.41, 5.74) is 1.49. The van der Waals surface area contributed by atoms with Crippen LogP contribution in [0.4, 0.5) is 0 Å². The zero-order valence-electron chi connectivity index (χ0n) is 12.7. The lowest BCUT2D eigenvalue weighted by Gasteiger charge is -2.23. The first-order chi connectivity index (χ1) is 10.9. The van der Waals surface area contributed by atoms with E-state index < -0.39 is 27.3 Å². The highest BCUT2D eigenvalue weighted by atomic mass is 32.2. The van der Waals surface area contributed by atoms with Crippen LogP contribution in [-0.2, 0) is 21.3 Å². The second-order valence-electron chi connectivity index (χ2n) is 5.36. The van der Waals surface area contributed by atoms with Crippen molar-refractivity contribution in [3.63, 3.8) is 0 Å². The maximum absolute atomic E-state index is 12.1. The van der Waals surface area contributed by atoms with E-state index in [-0.39, 0.29) is 6.42 Å². The highest BCUT2D eigenvalue weighted by molar-refractivity contribution is 7.86. The molecular formula is C17H19NO4S. The minimum absolute atomic E-state index is 0.0500. The van der Waals surface area contributed by atoms with E-state index in [1.165, 1.54) is 0 Å². The summed E-state index contributed by atoms with van der Waals surface area (Å²) in [4.78, 5) is 12.1. The topological polar surface area (TPSA) is 83.5 Å². The SMILES string of the molecule is CC(c1ccccc1)C(NC(=O)Cc1ccccc1)S(=O)(=O)O. The molecule has 0 saturated carbocycles. The molecule has 2 aromatic carbocycles. The highest BCUT2D eigenvalue weighted by Gasteiger charge is 2.31. The van der Waals surface area contributed by atoms with Gasteiger partial charge in [-0.25, -0.2) is 0 Å². The molecule has 6 heteroatoms. The van der Waals surface area contributed by atoms with E-state index in [0.29, 0.717) is 0 Å². The fourth-order valence-corrected chi connectivity index (χ4v) is 3.33. The van der Waals surface area contributed by atoms with Crippen LogP contribution in [0, 0.1) is 0 Å². The molecule has 0 saturated heterocycles. The molecule has 0 aliphatic rings. The number of benzene rings is 2. The number of hydrogen-bond acceptors (Lipinski definition) is 3. The maximum atomic E-state index is 12.1. The summed E-state index contributed by atoms with van der Waals surface area (Å²) in [6.45, 7) is 1.65. The first-order valence-electron chi connectivity index (χ1n) is 7.22. The molecule has 0 aliphatic heterocycles. The van der Waals surface area contributed by atoms with Gasteiger partial charge < -0.3 is 5.32 Å². The predicted octanol–water partition coefficient (Wildman–Crippen LogP) is 2.36. The third kappa shape index (κ3) is 4.91. The second kappa shape index (κ2) is 7.39. The highest BCUT2D eigenvalue weighted by Crippen LogP contribution is 2.22. The molecule has 2 unspecified atom stereocenters. The van der Waals surface area contributed by atoms with E-state index in [1.54, 1.807) is 55.5 Å². The molecule has 0 spiro atoms. The average Bonchev–Trinajstić information content (AvgIpc) is 2.53. The summed E-state index contributed by atoms with van der Waals surface area (Å²) in [6.07, 6.45) is 0.0500. The number of hydrogen-bond donors (Lipinski definition) is 2. The summed E-state index contributed by atoms with van der Waals surface area (Å²) in [6, 6.07) is 17.9. The zero-order valence-corrected chi connectivity index (χ0v) is 13.5. The van der Waals surface area contributed by atoms with Crippen molar-refractivity contribution in [1.82, 2.24) is 5.32 Å². The minimum Gasteiger partial charge on any atom is -0.337 e. The second-order valence-corrected chi connectivity index (χ2v) is 6.90. The Bertz CT molecular complexity index is 745. The molecule has 0 fully saturated rings. The molecule has 5 nitrogen and oxygen atoms in total. The normalized spacial score (nSPS) is 14.0. The Labute approximate surface area is 136 Å². The van der Waals surface area contributed by atoms with Crippen LogP contribution in [0.15, 0.2) is 60.7 Å². The van der Waals surface area contributed by atoms with E-state index in [1.807, 2.05) is 12.1 Å². The first kappa shape index (κ1) is 17.2. The van der Waals surface area contributed by atoms with Crippen LogP contribution in [0.2, 0.25) is 0 Å². The molecule has 2 aromatic rings. The van der Waals surface area contributed by atoms with Gasteiger partial charge in [0.1, 0.15) is 0 Å². The van der Waals surface area contributed by atoms with E-state index in [0.717, 1.165) is 11.1 Å². The van der Waals surface area contributed by atoms with Crippen molar-refractivity contribution < 1.29 is 17.8 Å². The van der Waals surface area contributed by atoms with Gasteiger partial charge in [0.05, 0.1) is 6.42 Å². The van der Waals surface area contributed by atoms with Crippen molar-refractivity contribution in [2.75, 3.05) is 0 Å². The van der Waals surface area contributed by atoms with Crippen molar-refractivity contribution >= 4 is 16.0 Å². The van der Waals surface area contributed by atoms with E-state index in [4.69, 9.17) is 0 Å². The van der Waals surface area contributed by atoms with Crippen LogP contribution < -0.4 is 5.32 Å². The van der Waals surface area contributed by atoms with Gasteiger partial charge in [0.25, 0.3) is 10.1 Å². The van der Waals surface area contributed by atoms with Crippen molar-refractivity contribution in [3.8, 4) is 0 Å². The van der Waals surface area contributed by atoms with E-state index in [2.05, 4.69) is 5.32 Å². The first-order valence-corrected chi connectivity index (χ1v) is 8.73. The lowest BCUT2D eigenvalue weighted by molar-refractivity contribution is -0.120. The molecular weight excluding hydrogens is 314 g/mol. The van der Waals surface area contributed by atoms with Gasteiger partial charge in [-0.15, -0.1) is 0 Å². The monoisotopic (exact) mass is 333 g/mol. The summed E-state index contributed by atoms with van der Waals surface area (Å²) < 4.78 is 32.8. The number of rotatable bonds is 6. The Kier molecular flexibility index (Phi) is 5.52. The average molecular weight is 333 g/mol. The molecule has 0 aromatic heterocycles. The summed E-state index contributed by atoms with van der Waals surface area (Å²) in [7, 11) is -4.43. The van der Waals surface area contributed by atoms with Gasteiger partial charge in [0.2, 0.25) is 5.91 Å². The van der Waals surface area contributed by atoms with Crippen molar-refractivity contribution in [1.29, 1.82) is 0 Å².